The first-order chi connectivity index (χ1) is 37.8. The molecule has 0 saturated carbocycles. The summed E-state index contributed by atoms with van der Waals surface area (Å²) >= 11 is 0. The Labute approximate surface area is 460 Å². The van der Waals surface area contributed by atoms with Crippen LogP contribution in [0.5, 0.6) is 0 Å². The molecule has 424 valence electrons. The number of anilines is 1. The van der Waals surface area contributed by atoms with Crippen LogP contribution in [0.4, 0.5) is 10.1 Å². The number of nitrogens with two attached hydrogens (primary N) is 1. The van der Waals surface area contributed by atoms with Crippen molar-refractivity contribution in [3.63, 3.8) is 0 Å². The summed E-state index contributed by atoms with van der Waals surface area (Å²) in [5.41, 5.74) is 7.25. The number of esters is 2. The SMILES string of the molecule is CC[C@@]1(O)C(=O)OCc2c1cc1n(c2=O)Cc2c-1nc1cc(F)c(C)cc1c2CN1C=C(c2ccc(NC(=O)[C@H](C)NC(=O)[C@@H](NC(=O)[C@H](CCC(=O)OC(C)(C)C)NC(=O)CCCCCN3C(=O)C=CC3=O)C(C)C)cc2)N[NH2+]1. The van der Waals surface area contributed by atoms with Crippen LogP contribution in [0.25, 0.3) is 28.0 Å². The Morgan fingerprint density at radius 3 is 2.30 bits per heavy atom. The largest absolute Gasteiger partial charge is 0.460 e. The highest BCUT2D eigenvalue weighted by molar-refractivity contribution is 6.12. The maximum atomic E-state index is 15.1. The molecule has 2 aromatic heterocycles. The zero-order chi connectivity index (χ0) is 58.0. The molecule has 0 bridgehead atoms. The van der Waals surface area contributed by atoms with E-state index in [1.807, 2.05) is 11.2 Å². The second-order valence-electron chi connectivity index (χ2n) is 21.9. The van der Waals surface area contributed by atoms with Gasteiger partial charge in [-0.05, 0) is 102 Å². The van der Waals surface area contributed by atoms with Crippen LogP contribution < -0.4 is 37.8 Å². The molecule has 0 fully saturated rings. The van der Waals surface area contributed by atoms with Crippen LogP contribution in [0.1, 0.15) is 127 Å². The highest BCUT2D eigenvalue weighted by atomic mass is 19.1. The maximum absolute atomic E-state index is 15.1. The summed E-state index contributed by atoms with van der Waals surface area (Å²) in [6.07, 6.45) is 5.34. The third-order valence-corrected chi connectivity index (χ3v) is 14.5. The molecule has 8 N–H and O–H groups in total. The number of amides is 6. The maximum Gasteiger partial charge on any atom is 0.343 e. The Bertz CT molecular complexity index is 3290. The van der Waals surface area contributed by atoms with Crippen molar-refractivity contribution < 1.29 is 62.9 Å². The summed E-state index contributed by atoms with van der Waals surface area (Å²) in [7, 11) is 0. The van der Waals surface area contributed by atoms with E-state index in [9.17, 15) is 48.3 Å². The second kappa shape index (κ2) is 23.6. The predicted octanol–water partition coefficient (Wildman–Crippen LogP) is 3.00. The smallest absolute Gasteiger partial charge is 0.343 e. The van der Waals surface area contributed by atoms with E-state index in [4.69, 9.17) is 14.5 Å². The quantitative estimate of drug-likeness (QED) is 0.0241. The number of imide groups is 1. The van der Waals surface area contributed by atoms with Crippen molar-refractivity contribution in [1.29, 1.82) is 0 Å². The standard InChI is InChI=1S/C57H67FN10O12/c1-9-57(78)39-24-44-50-37(27-68(44)54(76)38(39)29-79-55(57)77)36(35-23-31(4)40(58)25-42(35)62-50)26-66-28-43(64-65-66)33-14-16-34(17-15-33)60-51(73)32(5)59-53(75)49(30(2)3)63-52(74)41(18-21-48(72)80-56(6,7)8)61-45(69)13-11-10-12-22-67-46(70)19-20-47(67)71/h14-17,19-20,23-25,28,30,32,41,49,64-65,78H,9-13,18,21-22,26-27,29H2,1-8H3,(H,59,75)(H,60,73)(H,61,69)(H,63,74)/p+1/t32-,41-,49-,57-/m0/s1. The van der Waals surface area contributed by atoms with Crippen molar-refractivity contribution >= 4 is 69.7 Å². The highest BCUT2D eigenvalue weighted by Gasteiger charge is 2.46. The van der Waals surface area contributed by atoms with Gasteiger partial charge in [-0.2, -0.15) is 0 Å². The number of carbonyl (C=O) groups excluding carboxylic acids is 8. The van der Waals surface area contributed by atoms with Gasteiger partial charge in [-0.3, -0.25) is 43.3 Å². The van der Waals surface area contributed by atoms with Gasteiger partial charge in [0.05, 0.1) is 41.8 Å². The molecular weight excluding hydrogens is 1040 g/mol. The third kappa shape index (κ3) is 12.6. The van der Waals surface area contributed by atoms with Crippen molar-refractivity contribution in [2.75, 3.05) is 11.9 Å². The number of fused-ring (bicyclic) bond motifs is 5. The van der Waals surface area contributed by atoms with Crippen LogP contribution in [0.3, 0.4) is 0 Å². The molecule has 4 aliphatic heterocycles. The number of unbranched alkanes of at least 4 members (excludes halogenated alkanes) is 2. The van der Waals surface area contributed by atoms with Gasteiger partial charge in [0.25, 0.3) is 17.4 Å². The van der Waals surface area contributed by atoms with Crippen LogP contribution in [0, 0.1) is 18.7 Å². The van der Waals surface area contributed by atoms with Gasteiger partial charge in [-0.15, -0.1) is 5.53 Å². The fourth-order valence-electron chi connectivity index (χ4n) is 10.0. The summed E-state index contributed by atoms with van der Waals surface area (Å²) in [5.74, 6) is -5.51. The number of quaternary nitrogens is 1. The average Bonchev–Trinajstić information content (AvgIpc) is 4.31. The van der Waals surface area contributed by atoms with Gasteiger partial charge >= 0.3 is 11.9 Å². The first-order valence-electron chi connectivity index (χ1n) is 26.8. The predicted molar refractivity (Wildman–Crippen MR) is 289 cm³/mol. The summed E-state index contributed by atoms with van der Waals surface area (Å²) in [5, 5.41) is 24.9. The van der Waals surface area contributed by atoms with Gasteiger partial charge in [0.2, 0.25) is 23.6 Å². The zero-order valence-electron chi connectivity index (χ0n) is 46.0. The number of nitrogens with one attached hydrogen (secondary N) is 5. The van der Waals surface area contributed by atoms with Gasteiger partial charge in [0.1, 0.15) is 41.8 Å². The van der Waals surface area contributed by atoms with E-state index in [0.29, 0.717) is 58.5 Å². The molecule has 4 aromatic rings. The number of rotatable bonds is 21. The molecule has 0 unspecified atom stereocenters. The number of hydrogen-bond donors (Lipinski definition) is 7. The number of benzene rings is 2. The Hall–Kier alpha value is -8.31. The molecule has 4 aliphatic rings. The summed E-state index contributed by atoms with van der Waals surface area (Å²) < 4.78 is 27.3. The Balaban J connectivity index is 0.890. The molecule has 0 radical (unpaired) electrons. The first-order valence-corrected chi connectivity index (χ1v) is 26.8. The van der Waals surface area contributed by atoms with Gasteiger partial charge < -0.3 is 40.4 Å². The number of carbonyl (C=O) groups is 8. The van der Waals surface area contributed by atoms with Crippen molar-refractivity contribution in [1.82, 2.24) is 40.8 Å². The van der Waals surface area contributed by atoms with E-state index < -0.39 is 82.2 Å². The first kappa shape index (κ1) is 57.9. The molecule has 0 spiro atoms. The number of hydrogen-bond acceptors (Lipinski definition) is 15. The third-order valence-electron chi connectivity index (χ3n) is 14.5. The molecule has 22 nitrogen and oxygen atoms in total. The number of aryl methyl sites for hydroxylation is 1. The minimum atomic E-state index is -2.01. The fourth-order valence-corrected chi connectivity index (χ4v) is 10.0. The van der Waals surface area contributed by atoms with Crippen LogP contribution in [0.15, 0.2) is 65.6 Å². The molecule has 0 saturated heterocycles. The van der Waals surface area contributed by atoms with Crippen molar-refractivity contribution in [3.05, 3.63) is 110 Å². The van der Waals surface area contributed by atoms with E-state index in [2.05, 4.69) is 26.7 Å². The number of ether oxygens (including phenoxy) is 2. The number of pyridine rings is 2. The lowest BCUT2D eigenvalue weighted by molar-refractivity contribution is -0.823. The minimum absolute atomic E-state index is 0.0155. The number of nitrogens with zero attached hydrogens (tertiary/aromatic N) is 4. The molecule has 4 atom stereocenters. The second-order valence-corrected chi connectivity index (χ2v) is 21.9. The molecular formula is C57H68FN10O12+. The van der Waals surface area contributed by atoms with E-state index in [1.165, 1.54) is 25.1 Å². The Morgan fingerprint density at radius 2 is 1.62 bits per heavy atom. The summed E-state index contributed by atoms with van der Waals surface area (Å²) in [6, 6.07) is 8.26. The Morgan fingerprint density at radius 1 is 0.912 bits per heavy atom. The van der Waals surface area contributed by atoms with E-state index in [-0.39, 0.29) is 74.9 Å². The van der Waals surface area contributed by atoms with Crippen molar-refractivity contribution in [2.24, 2.45) is 5.92 Å². The number of halogens is 1. The fraction of sp³-hybridized carbons (Fsp3) is 0.439. The van der Waals surface area contributed by atoms with Crippen LogP contribution >= 0.6 is 0 Å². The van der Waals surface area contributed by atoms with Crippen molar-refractivity contribution in [3.8, 4) is 11.4 Å². The van der Waals surface area contributed by atoms with Gasteiger partial charge in [0.15, 0.2) is 5.60 Å². The lowest BCUT2D eigenvalue weighted by Gasteiger charge is -2.31. The topological polar surface area (TPSA) is 293 Å². The van der Waals surface area contributed by atoms with Crippen LogP contribution in [-0.4, -0.2) is 102 Å². The lowest BCUT2D eigenvalue weighted by atomic mass is 9.86. The molecule has 0 aliphatic carbocycles. The zero-order valence-corrected chi connectivity index (χ0v) is 46.0. The summed E-state index contributed by atoms with van der Waals surface area (Å²) in [6.45, 7) is 13.7. The normalized spacial score (nSPS) is 17.5. The van der Waals surface area contributed by atoms with Crippen LogP contribution in [0.2, 0.25) is 0 Å². The van der Waals surface area contributed by atoms with Gasteiger partial charge in [0, 0.05) is 65.4 Å². The van der Waals surface area contributed by atoms with E-state index >= 15 is 4.39 Å². The number of aliphatic hydroxyl groups is 1. The van der Waals surface area contributed by atoms with Crippen molar-refractivity contribution in [2.45, 2.75) is 149 Å². The molecule has 23 heteroatoms. The molecule has 2 aromatic carbocycles. The monoisotopic (exact) mass is 1100 g/mol. The molecule has 6 amide bonds. The molecule has 80 heavy (non-hydrogen) atoms. The van der Waals surface area contributed by atoms with E-state index in [0.717, 1.165) is 21.6 Å². The van der Waals surface area contributed by atoms with Gasteiger partial charge in [-0.1, -0.05) is 39.3 Å². The highest BCUT2D eigenvalue weighted by Crippen LogP contribution is 2.41. The van der Waals surface area contributed by atoms with E-state index in [1.54, 1.807) is 95.0 Å². The molecule has 6 heterocycles. The van der Waals surface area contributed by atoms with Gasteiger partial charge in [-0.25, -0.2) is 24.6 Å². The minimum Gasteiger partial charge on any atom is -0.460 e. The molecule has 8 rings (SSSR count). The number of aromatic nitrogens is 2. The summed E-state index contributed by atoms with van der Waals surface area (Å²) in [4.78, 5) is 123. The average molecular weight is 1100 g/mol. The lowest BCUT2D eigenvalue weighted by Crippen LogP contribution is -2.96. The van der Waals surface area contributed by atoms with Crippen LogP contribution in [-0.2, 0) is 73.1 Å². The Kier molecular flexibility index (Phi) is 17.0. The number of cyclic esters (lactones) is 1.